The lowest BCUT2D eigenvalue weighted by Gasteiger charge is -2.46. The fraction of sp³-hybridized carbons (Fsp3) is 0.286. The minimum atomic E-state index is -0.181. The predicted octanol–water partition coefficient (Wildman–Crippen LogP) is 18.8. The summed E-state index contributed by atoms with van der Waals surface area (Å²) in [6.07, 6.45) is 4.63. The van der Waals surface area contributed by atoms with Crippen molar-refractivity contribution in [2.24, 2.45) is 0 Å². The molecule has 0 unspecified atom stereocenters. The Morgan fingerprint density at radius 1 is 0.480 bits per heavy atom. The number of hydrogen-bond donors (Lipinski definition) is 0. The lowest BCUT2D eigenvalue weighted by atomic mass is 9.46. The van der Waals surface area contributed by atoms with Gasteiger partial charge in [-0.3, -0.25) is 0 Å². The summed E-state index contributed by atoms with van der Waals surface area (Å²) in [5, 5.41) is 3.59. The zero-order valence-corrected chi connectivity index (χ0v) is 46.4. The molecular formula is C70H67BN2OS. The first-order chi connectivity index (χ1) is 35.8. The van der Waals surface area contributed by atoms with E-state index in [0.29, 0.717) is 0 Å². The average Bonchev–Trinajstić information content (AvgIpc) is 4.04. The zero-order chi connectivity index (χ0) is 51.7. The molecule has 4 aliphatic rings. The molecule has 2 aromatic heterocycles. The van der Waals surface area contributed by atoms with Crippen molar-refractivity contribution >= 4 is 88.9 Å². The van der Waals surface area contributed by atoms with Crippen LogP contribution in [0.5, 0.6) is 0 Å². The van der Waals surface area contributed by atoms with Gasteiger partial charge in [0, 0.05) is 48.1 Å². The van der Waals surface area contributed by atoms with Gasteiger partial charge in [0.15, 0.2) is 5.58 Å². The first-order valence-electron chi connectivity index (χ1n) is 27.5. The van der Waals surface area contributed by atoms with E-state index >= 15 is 0 Å². The molecule has 0 saturated heterocycles. The van der Waals surface area contributed by atoms with Gasteiger partial charge < -0.3 is 14.1 Å². The summed E-state index contributed by atoms with van der Waals surface area (Å²) < 4.78 is 10.1. The second-order valence-corrected chi connectivity index (χ2v) is 27.3. The molecule has 2 aliphatic heterocycles. The monoisotopic (exact) mass is 995 g/mol. The summed E-state index contributed by atoms with van der Waals surface area (Å²) in [6.45, 7) is 26.6. The standard InChI is InChI=1S/C70H67BN2OS/c1-66(2,3)45-27-31-57(49(37-45)43-22-16-13-17-23-43)72-62-52-40-55-56(70(10,11)35-34-69(55,8)9)41-60(52)75-65(62)71-61-50(39-51-48-24-18-19-25-59(48)74-64(51)63(61)72)47-29-26-44(42-20-14-12-15-21-42)36-58(47)73(71)46-28-30-53-54(38-46)68(6,7)33-32-67(53,4)5/h12-31,36-41H,32-35H2,1-11H3. The van der Waals surface area contributed by atoms with E-state index in [9.17, 15) is 0 Å². The Morgan fingerprint density at radius 3 is 1.80 bits per heavy atom. The van der Waals surface area contributed by atoms with Crippen molar-refractivity contribution in [2.45, 2.75) is 129 Å². The van der Waals surface area contributed by atoms with Crippen LogP contribution in [-0.4, -0.2) is 6.85 Å². The number of para-hydroxylation sites is 1. The lowest BCUT2D eigenvalue weighted by Crippen LogP contribution is -2.60. The van der Waals surface area contributed by atoms with E-state index in [1.54, 1.807) is 0 Å². The van der Waals surface area contributed by atoms with Gasteiger partial charge in [-0.15, -0.1) is 11.3 Å². The van der Waals surface area contributed by atoms with Crippen LogP contribution in [0.1, 0.15) is 130 Å². The van der Waals surface area contributed by atoms with Crippen molar-refractivity contribution < 1.29 is 4.42 Å². The molecule has 0 bridgehead atoms. The topological polar surface area (TPSA) is 19.6 Å². The van der Waals surface area contributed by atoms with Gasteiger partial charge in [-0.2, -0.15) is 0 Å². The second-order valence-electron chi connectivity index (χ2n) is 26.2. The van der Waals surface area contributed by atoms with Crippen molar-refractivity contribution in [3.05, 3.63) is 186 Å². The number of benzene rings is 8. The molecule has 0 amide bonds. The minimum Gasteiger partial charge on any atom is -0.454 e. The van der Waals surface area contributed by atoms with E-state index in [1.165, 1.54) is 105 Å². The van der Waals surface area contributed by atoms with Crippen LogP contribution >= 0.6 is 11.3 Å². The maximum Gasteiger partial charge on any atom is 0.343 e. The summed E-state index contributed by atoms with van der Waals surface area (Å²) >= 11 is 2.02. The van der Waals surface area contributed by atoms with Crippen LogP contribution in [-0.2, 0) is 27.1 Å². The first kappa shape index (κ1) is 46.7. The molecule has 4 heterocycles. The maximum absolute atomic E-state index is 7.43. The van der Waals surface area contributed by atoms with Crippen LogP contribution in [0.3, 0.4) is 0 Å². The molecule has 75 heavy (non-hydrogen) atoms. The number of hydrogen-bond acceptors (Lipinski definition) is 4. The van der Waals surface area contributed by atoms with Gasteiger partial charge in [0.1, 0.15) is 5.58 Å². The highest BCUT2D eigenvalue weighted by Gasteiger charge is 2.50. The largest absolute Gasteiger partial charge is 0.454 e. The van der Waals surface area contributed by atoms with Crippen LogP contribution in [0.4, 0.5) is 28.4 Å². The maximum atomic E-state index is 7.43. The Kier molecular flexibility index (Phi) is 9.88. The van der Waals surface area contributed by atoms with Crippen LogP contribution in [0.25, 0.3) is 65.4 Å². The van der Waals surface area contributed by atoms with Crippen molar-refractivity contribution in [3.63, 3.8) is 0 Å². The minimum absolute atomic E-state index is 0.0152. The molecule has 0 atom stereocenters. The van der Waals surface area contributed by atoms with Gasteiger partial charge >= 0.3 is 6.85 Å². The zero-order valence-electron chi connectivity index (χ0n) is 45.6. The molecule has 372 valence electrons. The number of rotatable bonds is 4. The van der Waals surface area contributed by atoms with Crippen LogP contribution < -0.4 is 20.0 Å². The van der Waals surface area contributed by atoms with Gasteiger partial charge in [0.05, 0.1) is 17.1 Å². The molecular weight excluding hydrogens is 928 g/mol. The second kappa shape index (κ2) is 15.9. The summed E-state index contributed by atoms with van der Waals surface area (Å²) in [7, 11) is 0. The van der Waals surface area contributed by atoms with Gasteiger partial charge in [-0.1, -0.05) is 179 Å². The summed E-state index contributed by atoms with van der Waals surface area (Å²) in [4.78, 5) is 5.45. The summed E-state index contributed by atoms with van der Waals surface area (Å²) in [5.74, 6) is 0. The number of anilines is 5. The van der Waals surface area contributed by atoms with E-state index < -0.39 is 0 Å². The summed E-state index contributed by atoms with van der Waals surface area (Å²) in [6, 6.07) is 60.7. The van der Waals surface area contributed by atoms with Gasteiger partial charge in [0.25, 0.3) is 0 Å². The number of thiophene rings is 1. The van der Waals surface area contributed by atoms with Crippen molar-refractivity contribution in [3.8, 4) is 33.4 Å². The quantitative estimate of drug-likeness (QED) is 0.164. The third kappa shape index (κ3) is 6.91. The molecule has 5 heteroatoms. The van der Waals surface area contributed by atoms with Gasteiger partial charge in [-0.25, -0.2) is 0 Å². The van der Waals surface area contributed by atoms with Crippen LogP contribution in [0.15, 0.2) is 162 Å². The normalized spacial score (nSPS) is 17.7. The Hall–Kier alpha value is -6.82. The molecule has 0 N–H and O–H groups in total. The van der Waals surface area contributed by atoms with Crippen molar-refractivity contribution in [1.82, 2.24) is 0 Å². The van der Waals surface area contributed by atoms with E-state index in [1.807, 2.05) is 11.3 Å². The molecule has 10 aromatic rings. The lowest BCUT2D eigenvalue weighted by molar-refractivity contribution is 0.332. The highest BCUT2D eigenvalue weighted by Crippen LogP contribution is 2.58. The van der Waals surface area contributed by atoms with Gasteiger partial charge in [-0.05, 0) is 163 Å². The fourth-order valence-corrected chi connectivity index (χ4v) is 15.2. The summed E-state index contributed by atoms with van der Waals surface area (Å²) in [5.41, 5.74) is 23.8. The number of fused-ring (bicyclic) bond motifs is 12. The highest BCUT2D eigenvalue weighted by molar-refractivity contribution is 7.32. The van der Waals surface area contributed by atoms with Gasteiger partial charge in [0.2, 0.25) is 0 Å². The number of nitrogens with zero attached hydrogens (tertiary/aromatic N) is 2. The molecule has 0 radical (unpaired) electrons. The third-order valence-electron chi connectivity index (χ3n) is 18.5. The van der Waals surface area contributed by atoms with E-state index in [0.717, 1.165) is 52.6 Å². The molecule has 0 saturated carbocycles. The van der Waals surface area contributed by atoms with Crippen LogP contribution in [0, 0.1) is 0 Å². The SMILES string of the molecule is CC(C)(C)c1ccc(N2c3c(sc4cc5c(cc34)C(C)(C)CCC5(C)C)B3c4c(cc5c(oc6ccccc65)c42)-c2ccc(-c4ccccc4)cc2N3c2ccc3c(c2)C(C)(C)CCC3(C)C)c(-c2ccccc2)c1. The number of furan rings is 1. The molecule has 0 spiro atoms. The molecule has 0 fully saturated rings. The first-order valence-corrected chi connectivity index (χ1v) is 28.3. The fourth-order valence-electron chi connectivity index (χ4n) is 13.9. The molecule has 14 rings (SSSR count). The third-order valence-corrected chi connectivity index (χ3v) is 19.7. The van der Waals surface area contributed by atoms with E-state index in [4.69, 9.17) is 4.42 Å². The van der Waals surface area contributed by atoms with Crippen LogP contribution in [0.2, 0.25) is 0 Å². The highest BCUT2D eigenvalue weighted by atomic mass is 32.1. The molecule has 3 nitrogen and oxygen atoms in total. The Morgan fingerprint density at radius 2 is 1.11 bits per heavy atom. The van der Waals surface area contributed by atoms with E-state index in [2.05, 4.69) is 244 Å². The Balaban J connectivity index is 1.18. The predicted molar refractivity (Wildman–Crippen MR) is 323 cm³/mol. The van der Waals surface area contributed by atoms with Crippen molar-refractivity contribution in [1.29, 1.82) is 0 Å². The smallest absolute Gasteiger partial charge is 0.343 e. The Bertz CT molecular complexity index is 4010. The average molecular weight is 995 g/mol. The molecule has 8 aromatic carbocycles. The molecule has 2 aliphatic carbocycles. The van der Waals surface area contributed by atoms with Crippen molar-refractivity contribution in [2.75, 3.05) is 9.71 Å². The Labute approximate surface area is 448 Å². The van der Waals surface area contributed by atoms with E-state index in [-0.39, 0.29) is 33.9 Å².